The number of nitrogens with one attached hydrogen (secondary N) is 1. The summed E-state index contributed by atoms with van der Waals surface area (Å²) in [4.78, 5) is 14.7. The molecule has 1 aliphatic carbocycles. The number of rotatable bonds is 7. The summed E-state index contributed by atoms with van der Waals surface area (Å²) in [5.74, 6) is 1.51. The number of hydrogen-bond acceptors (Lipinski definition) is 5. The van der Waals surface area contributed by atoms with E-state index in [0.717, 1.165) is 62.7 Å². The van der Waals surface area contributed by atoms with E-state index in [4.69, 9.17) is 9.26 Å². The second-order valence-electron chi connectivity index (χ2n) is 8.91. The maximum Gasteiger partial charge on any atom is 0.224 e. The summed E-state index contributed by atoms with van der Waals surface area (Å²) >= 11 is 0. The maximum absolute atomic E-state index is 12.4. The highest BCUT2D eigenvalue weighted by Gasteiger charge is 2.48. The predicted molar refractivity (Wildman–Crippen MR) is 110 cm³/mol. The quantitative estimate of drug-likeness (QED) is 0.778. The summed E-state index contributed by atoms with van der Waals surface area (Å²) in [6, 6.07) is 12.2. The number of aromatic nitrogens is 1. The van der Waals surface area contributed by atoms with Gasteiger partial charge in [-0.15, -0.1) is 0 Å². The van der Waals surface area contributed by atoms with E-state index in [2.05, 4.69) is 35.3 Å². The first-order chi connectivity index (χ1) is 14.0. The summed E-state index contributed by atoms with van der Waals surface area (Å²) in [7, 11) is 0. The lowest BCUT2D eigenvalue weighted by Gasteiger charge is -2.52. The van der Waals surface area contributed by atoms with Gasteiger partial charge in [0.05, 0.1) is 31.9 Å². The van der Waals surface area contributed by atoms with Crippen LogP contribution in [0, 0.1) is 11.3 Å². The largest absolute Gasteiger partial charge is 0.379 e. The Balaban J connectivity index is 1.26. The molecule has 1 aromatic heterocycles. The van der Waals surface area contributed by atoms with Crippen molar-refractivity contribution in [3.8, 4) is 0 Å². The summed E-state index contributed by atoms with van der Waals surface area (Å²) in [6.45, 7) is 8.73. The Hall–Kier alpha value is -2.18. The summed E-state index contributed by atoms with van der Waals surface area (Å²) in [5, 5.41) is 7.52. The van der Waals surface area contributed by atoms with Crippen molar-refractivity contribution in [2.45, 2.75) is 45.7 Å². The monoisotopic (exact) mass is 397 g/mol. The van der Waals surface area contributed by atoms with E-state index in [1.807, 2.05) is 30.3 Å². The van der Waals surface area contributed by atoms with E-state index in [9.17, 15) is 4.79 Å². The highest BCUT2D eigenvalue weighted by atomic mass is 16.5. The van der Waals surface area contributed by atoms with Gasteiger partial charge in [0.15, 0.2) is 5.76 Å². The molecule has 1 saturated heterocycles. The summed E-state index contributed by atoms with van der Waals surface area (Å²) in [5.41, 5.74) is 2.12. The number of benzene rings is 1. The third-order valence-corrected chi connectivity index (χ3v) is 6.56. The van der Waals surface area contributed by atoms with E-state index in [1.54, 1.807) is 0 Å². The highest BCUT2D eigenvalue weighted by molar-refractivity contribution is 5.79. The van der Waals surface area contributed by atoms with Crippen molar-refractivity contribution in [3.05, 3.63) is 53.4 Å². The number of carbonyl (C=O) groups excluding carboxylic acids is 1. The van der Waals surface area contributed by atoms with Gasteiger partial charge in [-0.2, -0.15) is 0 Å². The topological polar surface area (TPSA) is 67.6 Å². The van der Waals surface area contributed by atoms with Gasteiger partial charge in [-0.25, -0.2) is 0 Å². The zero-order chi connectivity index (χ0) is 20.3. The molecule has 1 saturated carbocycles. The lowest BCUT2D eigenvalue weighted by Crippen LogP contribution is -2.59. The molecule has 1 aliphatic heterocycles. The molecular weight excluding hydrogens is 366 g/mol. The number of nitrogens with zero attached hydrogens (tertiary/aromatic N) is 2. The first-order valence-electron chi connectivity index (χ1n) is 10.6. The molecule has 2 aromatic rings. The van der Waals surface area contributed by atoms with Crippen molar-refractivity contribution in [1.29, 1.82) is 0 Å². The molecule has 0 bridgehead atoms. The van der Waals surface area contributed by atoms with Crippen LogP contribution in [0.4, 0.5) is 0 Å². The lowest BCUT2D eigenvalue weighted by molar-refractivity contribution is -0.124. The number of amides is 1. The molecule has 1 aromatic carbocycles. The Kier molecular flexibility index (Phi) is 6.01. The van der Waals surface area contributed by atoms with Crippen LogP contribution in [0.5, 0.6) is 0 Å². The number of carbonyl (C=O) groups is 1. The highest BCUT2D eigenvalue weighted by Crippen LogP contribution is 2.47. The molecule has 6 heteroatoms. The fraction of sp³-hybridized carbons (Fsp3) is 0.565. The van der Waals surface area contributed by atoms with Crippen molar-refractivity contribution in [2.24, 2.45) is 11.3 Å². The second kappa shape index (κ2) is 8.67. The Labute approximate surface area is 172 Å². The SMILES string of the molecule is CC1(C)[C@H](Cc2cc(CN3CCOCC3)on2)C[C@@H]1NC(=O)Cc1ccccc1. The van der Waals surface area contributed by atoms with Gasteiger partial charge in [0.2, 0.25) is 5.91 Å². The molecule has 29 heavy (non-hydrogen) atoms. The van der Waals surface area contributed by atoms with Crippen LogP contribution in [-0.2, 0) is 28.9 Å². The molecule has 1 amide bonds. The Bertz CT molecular complexity index is 812. The van der Waals surface area contributed by atoms with Crippen LogP contribution >= 0.6 is 0 Å². The van der Waals surface area contributed by atoms with Crippen LogP contribution in [0.2, 0.25) is 0 Å². The van der Waals surface area contributed by atoms with Crippen LogP contribution in [0.3, 0.4) is 0 Å². The van der Waals surface area contributed by atoms with Crippen LogP contribution in [0.1, 0.15) is 37.3 Å². The summed E-state index contributed by atoms with van der Waals surface area (Å²) in [6.07, 6.45) is 2.32. The van der Waals surface area contributed by atoms with E-state index in [0.29, 0.717) is 12.3 Å². The van der Waals surface area contributed by atoms with Crippen molar-refractivity contribution in [3.63, 3.8) is 0 Å². The molecule has 2 heterocycles. The average Bonchev–Trinajstić information content (AvgIpc) is 3.16. The smallest absolute Gasteiger partial charge is 0.224 e. The van der Waals surface area contributed by atoms with Gasteiger partial charge < -0.3 is 14.6 Å². The van der Waals surface area contributed by atoms with Crippen LogP contribution in [0.25, 0.3) is 0 Å². The van der Waals surface area contributed by atoms with Gasteiger partial charge >= 0.3 is 0 Å². The Morgan fingerprint density at radius 3 is 2.72 bits per heavy atom. The van der Waals surface area contributed by atoms with Crippen LogP contribution in [-0.4, -0.2) is 48.3 Å². The van der Waals surface area contributed by atoms with E-state index in [1.165, 1.54) is 0 Å². The van der Waals surface area contributed by atoms with Gasteiger partial charge in [-0.3, -0.25) is 9.69 Å². The van der Waals surface area contributed by atoms with Crippen molar-refractivity contribution >= 4 is 5.91 Å². The first kappa shape index (κ1) is 20.1. The number of morpholine rings is 1. The zero-order valence-electron chi connectivity index (χ0n) is 17.4. The van der Waals surface area contributed by atoms with E-state index < -0.39 is 0 Å². The average molecular weight is 398 g/mol. The van der Waals surface area contributed by atoms with E-state index in [-0.39, 0.29) is 17.4 Å². The van der Waals surface area contributed by atoms with E-state index >= 15 is 0 Å². The maximum atomic E-state index is 12.4. The Morgan fingerprint density at radius 2 is 2.00 bits per heavy atom. The van der Waals surface area contributed by atoms with Gasteiger partial charge in [0.1, 0.15) is 0 Å². The fourth-order valence-corrected chi connectivity index (χ4v) is 4.39. The third kappa shape index (κ3) is 4.87. The summed E-state index contributed by atoms with van der Waals surface area (Å²) < 4.78 is 11.0. The lowest BCUT2D eigenvalue weighted by atomic mass is 9.57. The number of ether oxygens (including phenoxy) is 1. The minimum atomic E-state index is 0.0513. The molecule has 0 radical (unpaired) electrons. The normalized spacial score (nSPS) is 24.1. The first-order valence-corrected chi connectivity index (χ1v) is 10.6. The Morgan fingerprint density at radius 1 is 1.24 bits per heavy atom. The fourth-order valence-electron chi connectivity index (χ4n) is 4.39. The molecule has 4 rings (SSSR count). The van der Waals surface area contributed by atoms with Crippen LogP contribution in [0.15, 0.2) is 40.9 Å². The molecule has 2 fully saturated rings. The predicted octanol–water partition coefficient (Wildman–Crippen LogP) is 2.82. The second-order valence-corrected chi connectivity index (χ2v) is 8.91. The third-order valence-electron chi connectivity index (χ3n) is 6.56. The van der Waals surface area contributed by atoms with Gasteiger partial charge in [0.25, 0.3) is 0 Å². The zero-order valence-corrected chi connectivity index (χ0v) is 17.4. The number of hydrogen-bond donors (Lipinski definition) is 1. The van der Waals surface area contributed by atoms with Crippen molar-refractivity contribution < 1.29 is 14.1 Å². The van der Waals surface area contributed by atoms with Gasteiger partial charge in [0, 0.05) is 25.2 Å². The van der Waals surface area contributed by atoms with Crippen LogP contribution < -0.4 is 5.32 Å². The standard InChI is InChI=1S/C23H31N3O3/c1-23(2)18(14-21(23)24-22(27)12-17-6-4-3-5-7-17)13-19-15-20(29-25-19)16-26-8-10-28-11-9-26/h3-7,15,18,21H,8-14,16H2,1-2H3,(H,24,27)/t18-,21+/m1/s1. The molecule has 1 N–H and O–H groups in total. The molecule has 156 valence electrons. The van der Waals surface area contributed by atoms with Gasteiger partial charge in [-0.05, 0) is 29.7 Å². The van der Waals surface area contributed by atoms with Crippen molar-refractivity contribution in [2.75, 3.05) is 26.3 Å². The van der Waals surface area contributed by atoms with Crippen molar-refractivity contribution in [1.82, 2.24) is 15.4 Å². The molecule has 6 nitrogen and oxygen atoms in total. The molecule has 0 spiro atoms. The molecule has 2 atom stereocenters. The minimum Gasteiger partial charge on any atom is -0.379 e. The molecule has 2 aliphatic rings. The van der Waals surface area contributed by atoms with Gasteiger partial charge in [-0.1, -0.05) is 49.3 Å². The molecular formula is C23H31N3O3. The minimum absolute atomic E-state index is 0.0513. The molecule has 0 unspecified atom stereocenters.